The maximum atomic E-state index is 6.07. The highest BCUT2D eigenvalue weighted by molar-refractivity contribution is 5.90. The molecule has 0 radical (unpaired) electrons. The van der Waals surface area contributed by atoms with Crippen molar-refractivity contribution in [1.29, 1.82) is 0 Å². The van der Waals surface area contributed by atoms with Crippen molar-refractivity contribution in [2.75, 3.05) is 5.73 Å². The normalized spacial score (nSPS) is 11.2. The number of rotatable bonds is 3. The van der Waals surface area contributed by atoms with E-state index in [2.05, 4.69) is 22.1 Å². The van der Waals surface area contributed by atoms with E-state index in [0.29, 0.717) is 11.8 Å². The molecule has 0 unspecified atom stereocenters. The molecule has 0 fully saturated rings. The molecule has 5 heteroatoms. The van der Waals surface area contributed by atoms with Crippen molar-refractivity contribution >= 4 is 16.9 Å². The molecule has 0 aliphatic carbocycles. The fourth-order valence-corrected chi connectivity index (χ4v) is 2.41. The van der Waals surface area contributed by atoms with Crippen LogP contribution in [0, 0.1) is 0 Å². The molecule has 0 spiro atoms. The Morgan fingerprint density at radius 3 is 2.52 bits per heavy atom. The van der Waals surface area contributed by atoms with Gasteiger partial charge in [0.2, 0.25) is 0 Å². The van der Waals surface area contributed by atoms with E-state index in [1.165, 1.54) is 0 Å². The molecule has 1 aromatic carbocycles. The lowest BCUT2D eigenvalue weighted by molar-refractivity contribution is 0.223. The number of aryl methyl sites for hydroxylation is 1. The fourth-order valence-electron chi connectivity index (χ4n) is 2.41. The van der Waals surface area contributed by atoms with Crippen molar-refractivity contribution in [2.45, 2.75) is 20.0 Å². The van der Waals surface area contributed by atoms with Crippen LogP contribution >= 0.6 is 0 Å². The van der Waals surface area contributed by atoms with Crippen LogP contribution in [0.1, 0.15) is 13.8 Å². The van der Waals surface area contributed by atoms with Gasteiger partial charge in [-0.05, 0) is 25.5 Å². The number of anilines is 1. The SMILES string of the molecule is CC(C)Oc1nc(N)c2c(cc(-c3ccccc3)n2C)n1. The number of nitrogens with zero attached hydrogens (tertiary/aromatic N) is 3. The van der Waals surface area contributed by atoms with Crippen LogP contribution in [0.5, 0.6) is 6.01 Å². The highest BCUT2D eigenvalue weighted by atomic mass is 16.5. The Kier molecular flexibility index (Phi) is 3.25. The molecule has 0 aliphatic rings. The van der Waals surface area contributed by atoms with Gasteiger partial charge in [0.15, 0.2) is 5.82 Å². The van der Waals surface area contributed by atoms with Gasteiger partial charge in [-0.15, -0.1) is 0 Å². The van der Waals surface area contributed by atoms with Crippen LogP contribution in [0.3, 0.4) is 0 Å². The minimum Gasteiger partial charge on any atom is -0.461 e. The van der Waals surface area contributed by atoms with Crippen LogP contribution in [0.25, 0.3) is 22.3 Å². The minimum atomic E-state index is 0.0131. The van der Waals surface area contributed by atoms with E-state index in [0.717, 1.165) is 22.3 Å². The van der Waals surface area contributed by atoms with Crippen LogP contribution in [0.4, 0.5) is 5.82 Å². The third-order valence-electron chi connectivity index (χ3n) is 3.30. The predicted octanol–water partition coefficient (Wildman–Crippen LogP) is 3.00. The first kappa shape index (κ1) is 13.4. The van der Waals surface area contributed by atoms with Gasteiger partial charge in [0.05, 0.1) is 17.3 Å². The van der Waals surface area contributed by atoms with E-state index in [4.69, 9.17) is 10.5 Å². The highest BCUT2D eigenvalue weighted by Crippen LogP contribution is 2.29. The summed E-state index contributed by atoms with van der Waals surface area (Å²) in [7, 11) is 1.97. The van der Waals surface area contributed by atoms with Gasteiger partial charge in [-0.1, -0.05) is 30.3 Å². The summed E-state index contributed by atoms with van der Waals surface area (Å²) < 4.78 is 7.56. The average Bonchev–Trinajstić information content (AvgIpc) is 2.76. The molecule has 0 aliphatic heterocycles. The van der Waals surface area contributed by atoms with E-state index in [-0.39, 0.29) is 6.10 Å². The zero-order valence-corrected chi connectivity index (χ0v) is 12.4. The molecule has 2 heterocycles. The number of aromatic nitrogens is 3. The lowest BCUT2D eigenvalue weighted by Crippen LogP contribution is -2.09. The molecule has 5 nitrogen and oxygen atoms in total. The summed E-state index contributed by atoms with van der Waals surface area (Å²) >= 11 is 0. The number of hydrogen-bond donors (Lipinski definition) is 1. The van der Waals surface area contributed by atoms with Gasteiger partial charge in [-0.2, -0.15) is 9.97 Å². The molecule has 21 heavy (non-hydrogen) atoms. The molecule has 3 rings (SSSR count). The van der Waals surface area contributed by atoms with Gasteiger partial charge in [-0.3, -0.25) is 0 Å². The largest absolute Gasteiger partial charge is 0.461 e. The third-order valence-corrected chi connectivity index (χ3v) is 3.30. The lowest BCUT2D eigenvalue weighted by Gasteiger charge is -2.09. The van der Waals surface area contributed by atoms with Crippen molar-refractivity contribution in [3.8, 4) is 17.3 Å². The monoisotopic (exact) mass is 282 g/mol. The van der Waals surface area contributed by atoms with E-state index >= 15 is 0 Å². The van der Waals surface area contributed by atoms with Gasteiger partial charge >= 0.3 is 6.01 Å². The number of fused-ring (bicyclic) bond motifs is 1. The molecule has 0 atom stereocenters. The summed E-state index contributed by atoms with van der Waals surface area (Å²) in [6, 6.07) is 12.5. The van der Waals surface area contributed by atoms with Crippen LogP contribution in [0.15, 0.2) is 36.4 Å². The molecule has 0 saturated carbocycles. The third kappa shape index (κ3) is 2.42. The van der Waals surface area contributed by atoms with Crippen LogP contribution in [-0.4, -0.2) is 20.6 Å². The summed E-state index contributed by atoms with van der Waals surface area (Å²) in [6.45, 7) is 3.87. The number of nitrogen functional groups attached to an aromatic ring is 1. The first-order valence-corrected chi connectivity index (χ1v) is 6.91. The quantitative estimate of drug-likeness (QED) is 0.802. The molecule has 3 aromatic rings. The molecule has 0 saturated heterocycles. The summed E-state index contributed by atoms with van der Waals surface area (Å²) in [5.41, 5.74) is 9.85. The molecule has 108 valence electrons. The summed E-state index contributed by atoms with van der Waals surface area (Å²) in [4.78, 5) is 8.68. The van der Waals surface area contributed by atoms with Gasteiger partial charge in [-0.25, -0.2) is 0 Å². The minimum absolute atomic E-state index is 0.0131. The molecule has 0 bridgehead atoms. The standard InChI is InChI=1S/C16H18N4O/c1-10(2)21-16-18-12-9-13(11-7-5-4-6-8-11)20(3)14(12)15(17)19-16/h4-10H,1-3H3,(H2,17,18,19). The highest BCUT2D eigenvalue weighted by Gasteiger charge is 2.14. The van der Waals surface area contributed by atoms with Crippen LogP contribution in [-0.2, 0) is 7.05 Å². The van der Waals surface area contributed by atoms with Crippen molar-refractivity contribution in [3.05, 3.63) is 36.4 Å². The van der Waals surface area contributed by atoms with Crippen molar-refractivity contribution in [2.24, 2.45) is 7.05 Å². The second kappa shape index (κ2) is 5.09. The zero-order valence-electron chi connectivity index (χ0n) is 12.4. The summed E-state index contributed by atoms with van der Waals surface area (Å²) in [5, 5.41) is 0. The Bertz CT molecular complexity index is 778. The van der Waals surface area contributed by atoms with Gasteiger partial charge in [0.25, 0.3) is 0 Å². The lowest BCUT2D eigenvalue weighted by atomic mass is 10.1. The van der Waals surface area contributed by atoms with E-state index in [9.17, 15) is 0 Å². The van der Waals surface area contributed by atoms with Gasteiger partial charge < -0.3 is 15.0 Å². The Morgan fingerprint density at radius 2 is 1.86 bits per heavy atom. The fraction of sp³-hybridized carbons (Fsp3) is 0.250. The Balaban J connectivity index is 2.17. The molecule has 2 N–H and O–H groups in total. The maximum absolute atomic E-state index is 6.07. The average molecular weight is 282 g/mol. The Hall–Kier alpha value is -2.56. The van der Waals surface area contributed by atoms with Crippen molar-refractivity contribution in [3.63, 3.8) is 0 Å². The number of nitrogens with two attached hydrogens (primary N) is 1. The Morgan fingerprint density at radius 1 is 1.14 bits per heavy atom. The van der Waals surface area contributed by atoms with Crippen LogP contribution in [0.2, 0.25) is 0 Å². The van der Waals surface area contributed by atoms with Crippen molar-refractivity contribution < 1.29 is 4.74 Å². The molecule has 2 aromatic heterocycles. The topological polar surface area (TPSA) is 66.0 Å². The second-order valence-electron chi connectivity index (χ2n) is 5.25. The van der Waals surface area contributed by atoms with Crippen molar-refractivity contribution in [1.82, 2.24) is 14.5 Å². The van der Waals surface area contributed by atoms with Gasteiger partial charge in [0.1, 0.15) is 5.52 Å². The van der Waals surface area contributed by atoms with Crippen LogP contribution < -0.4 is 10.5 Å². The second-order valence-corrected chi connectivity index (χ2v) is 5.25. The van der Waals surface area contributed by atoms with E-state index < -0.39 is 0 Å². The predicted molar refractivity (Wildman–Crippen MR) is 84.1 cm³/mol. The number of hydrogen-bond acceptors (Lipinski definition) is 4. The first-order chi connectivity index (χ1) is 10.1. The first-order valence-electron chi connectivity index (χ1n) is 6.91. The number of ether oxygens (including phenoxy) is 1. The zero-order chi connectivity index (χ0) is 15.0. The molecule has 0 amide bonds. The smallest absolute Gasteiger partial charge is 0.319 e. The maximum Gasteiger partial charge on any atom is 0.319 e. The molecular formula is C16H18N4O. The van der Waals surface area contributed by atoms with E-state index in [1.807, 2.05) is 49.7 Å². The number of benzene rings is 1. The van der Waals surface area contributed by atoms with E-state index in [1.54, 1.807) is 0 Å². The Labute approximate surface area is 123 Å². The van der Waals surface area contributed by atoms with Gasteiger partial charge in [0, 0.05) is 7.05 Å². The molecular weight excluding hydrogens is 264 g/mol. The summed E-state index contributed by atoms with van der Waals surface area (Å²) in [5.74, 6) is 0.431. The summed E-state index contributed by atoms with van der Waals surface area (Å²) in [6.07, 6.45) is 0.0131.